The standard InChI is InChI=1S/C9H8N2O2/c1-5-2-3-6-7(10-5)4-8(11-6)9(12)13/h2-4,11H,1H3,(H,12,13). The van der Waals surface area contributed by atoms with E-state index in [2.05, 4.69) is 9.97 Å². The van der Waals surface area contributed by atoms with Crippen molar-refractivity contribution >= 4 is 17.0 Å². The number of carboxylic acid groups (broad SMARTS) is 1. The second-order valence-corrected chi connectivity index (χ2v) is 2.87. The summed E-state index contributed by atoms with van der Waals surface area (Å²) in [6.45, 7) is 1.87. The third-order valence-corrected chi connectivity index (χ3v) is 1.84. The van der Waals surface area contributed by atoms with Gasteiger partial charge >= 0.3 is 5.97 Å². The number of rotatable bonds is 1. The molecule has 2 N–H and O–H groups in total. The van der Waals surface area contributed by atoms with Crippen LogP contribution in [0.15, 0.2) is 18.2 Å². The van der Waals surface area contributed by atoms with Crippen LogP contribution in [-0.4, -0.2) is 21.0 Å². The summed E-state index contributed by atoms with van der Waals surface area (Å²) in [7, 11) is 0. The van der Waals surface area contributed by atoms with Crippen molar-refractivity contribution in [3.8, 4) is 0 Å². The molecule has 0 unspecified atom stereocenters. The van der Waals surface area contributed by atoms with Crippen LogP contribution in [0.3, 0.4) is 0 Å². The van der Waals surface area contributed by atoms with Crippen LogP contribution in [0.1, 0.15) is 16.2 Å². The summed E-state index contributed by atoms with van der Waals surface area (Å²) in [6.07, 6.45) is 0. The van der Waals surface area contributed by atoms with Crippen molar-refractivity contribution in [2.45, 2.75) is 6.92 Å². The number of aromatic carboxylic acids is 1. The van der Waals surface area contributed by atoms with Gasteiger partial charge in [-0.15, -0.1) is 0 Å². The number of fused-ring (bicyclic) bond motifs is 1. The highest BCUT2D eigenvalue weighted by molar-refractivity contribution is 5.92. The first-order valence-electron chi connectivity index (χ1n) is 3.86. The summed E-state index contributed by atoms with van der Waals surface area (Å²) in [5.74, 6) is -0.962. The number of aromatic amines is 1. The van der Waals surface area contributed by atoms with Crippen LogP contribution >= 0.6 is 0 Å². The van der Waals surface area contributed by atoms with Crippen LogP contribution in [0.4, 0.5) is 0 Å². The zero-order valence-corrected chi connectivity index (χ0v) is 7.03. The highest BCUT2D eigenvalue weighted by Gasteiger charge is 2.07. The molecule has 13 heavy (non-hydrogen) atoms. The second-order valence-electron chi connectivity index (χ2n) is 2.87. The van der Waals surface area contributed by atoms with Gasteiger partial charge in [0.2, 0.25) is 0 Å². The van der Waals surface area contributed by atoms with E-state index in [0.717, 1.165) is 11.2 Å². The number of H-pyrrole nitrogens is 1. The Hall–Kier alpha value is -1.84. The molecular formula is C9H8N2O2. The van der Waals surface area contributed by atoms with Crippen LogP contribution in [-0.2, 0) is 0 Å². The van der Waals surface area contributed by atoms with E-state index in [9.17, 15) is 4.79 Å². The van der Waals surface area contributed by atoms with E-state index in [1.54, 1.807) is 0 Å². The monoisotopic (exact) mass is 176 g/mol. The maximum absolute atomic E-state index is 10.6. The molecule has 0 spiro atoms. The average molecular weight is 176 g/mol. The summed E-state index contributed by atoms with van der Waals surface area (Å²) < 4.78 is 0. The molecule has 0 aromatic carbocycles. The molecule has 2 heterocycles. The van der Waals surface area contributed by atoms with Gasteiger partial charge in [-0.2, -0.15) is 0 Å². The number of pyridine rings is 1. The molecule has 4 nitrogen and oxygen atoms in total. The van der Waals surface area contributed by atoms with Crippen LogP contribution in [0.2, 0.25) is 0 Å². The van der Waals surface area contributed by atoms with Crippen molar-refractivity contribution in [1.82, 2.24) is 9.97 Å². The van der Waals surface area contributed by atoms with E-state index in [-0.39, 0.29) is 5.69 Å². The Balaban J connectivity index is 2.68. The molecule has 0 radical (unpaired) electrons. The average Bonchev–Trinajstić information content (AvgIpc) is 2.46. The van der Waals surface area contributed by atoms with Gasteiger partial charge in [-0.3, -0.25) is 4.98 Å². The zero-order valence-electron chi connectivity index (χ0n) is 7.03. The lowest BCUT2D eigenvalue weighted by Gasteiger charge is -1.89. The predicted octanol–water partition coefficient (Wildman–Crippen LogP) is 1.57. The summed E-state index contributed by atoms with van der Waals surface area (Å²) in [5.41, 5.74) is 2.50. The Morgan fingerprint density at radius 1 is 1.54 bits per heavy atom. The molecule has 0 saturated carbocycles. The van der Waals surface area contributed by atoms with Gasteiger partial charge in [-0.25, -0.2) is 4.79 Å². The van der Waals surface area contributed by atoms with Gasteiger partial charge in [0.1, 0.15) is 5.69 Å². The molecule has 0 aliphatic carbocycles. The van der Waals surface area contributed by atoms with Gasteiger partial charge in [0.15, 0.2) is 0 Å². The minimum atomic E-state index is -0.962. The van der Waals surface area contributed by atoms with Gasteiger partial charge in [0.25, 0.3) is 0 Å². The van der Waals surface area contributed by atoms with Gasteiger partial charge in [-0.05, 0) is 25.1 Å². The van der Waals surface area contributed by atoms with E-state index < -0.39 is 5.97 Å². The van der Waals surface area contributed by atoms with E-state index in [0.29, 0.717) is 5.52 Å². The van der Waals surface area contributed by atoms with E-state index in [1.807, 2.05) is 19.1 Å². The molecule has 0 aliphatic heterocycles. The summed E-state index contributed by atoms with van der Waals surface area (Å²) in [5, 5.41) is 8.70. The smallest absolute Gasteiger partial charge is 0.352 e. The maximum atomic E-state index is 10.6. The van der Waals surface area contributed by atoms with E-state index >= 15 is 0 Å². The second kappa shape index (κ2) is 2.58. The summed E-state index contributed by atoms with van der Waals surface area (Å²) in [6, 6.07) is 5.19. The topological polar surface area (TPSA) is 66.0 Å². The fraction of sp³-hybridized carbons (Fsp3) is 0.111. The third kappa shape index (κ3) is 1.26. The first kappa shape index (κ1) is 7.79. The van der Waals surface area contributed by atoms with E-state index in [1.165, 1.54) is 6.07 Å². The van der Waals surface area contributed by atoms with Crippen molar-refractivity contribution < 1.29 is 9.90 Å². The number of hydrogen-bond donors (Lipinski definition) is 2. The molecule has 0 fully saturated rings. The fourth-order valence-corrected chi connectivity index (χ4v) is 1.23. The first-order chi connectivity index (χ1) is 6.16. The molecule has 0 atom stereocenters. The number of carboxylic acids is 1. The number of aromatic nitrogens is 2. The van der Waals surface area contributed by atoms with Crippen molar-refractivity contribution in [3.63, 3.8) is 0 Å². The highest BCUT2D eigenvalue weighted by Crippen LogP contribution is 2.13. The summed E-state index contributed by atoms with van der Waals surface area (Å²) in [4.78, 5) is 17.5. The number of nitrogens with one attached hydrogen (secondary N) is 1. The molecule has 0 bridgehead atoms. The third-order valence-electron chi connectivity index (χ3n) is 1.84. The van der Waals surface area contributed by atoms with Crippen LogP contribution in [0, 0.1) is 6.92 Å². The molecule has 2 aromatic rings. The van der Waals surface area contributed by atoms with Crippen LogP contribution < -0.4 is 0 Å². The maximum Gasteiger partial charge on any atom is 0.352 e. The van der Waals surface area contributed by atoms with Crippen molar-refractivity contribution in [2.24, 2.45) is 0 Å². The van der Waals surface area contributed by atoms with Gasteiger partial charge in [-0.1, -0.05) is 0 Å². The number of hydrogen-bond acceptors (Lipinski definition) is 2. The Bertz CT molecular complexity index is 473. The quantitative estimate of drug-likeness (QED) is 0.693. The molecule has 2 aromatic heterocycles. The molecular weight excluding hydrogens is 168 g/mol. The Kier molecular flexibility index (Phi) is 1.55. The highest BCUT2D eigenvalue weighted by atomic mass is 16.4. The lowest BCUT2D eigenvalue weighted by molar-refractivity contribution is 0.0691. The normalized spacial score (nSPS) is 10.5. The van der Waals surface area contributed by atoms with E-state index in [4.69, 9.17) is 5.11 Å². The van der Waals surface area contributed by atoms with Gasteiger partial charge in [0.05, 0.1) is 11.0 Å². The Labute approximate surface area is 74.2 Å². The Morgan fingerprint density at radius 2 is 2.31 bits per heavy atom. The molecule has 0 aliphatic rings. The van der Waals surface area contributed by atoms with Crippen LogP contribution in [0.25, 0.3) is 11.0 Å². The summed E-state index contributed by atoms with van der Waals surface area (Å²) >= 11 is 0. The minimum Gasteiger partial charge on any atom is -0.477 e. The largest absolute Gasteiger partial charge is 0.477 e. The minimum absolute atomic E-state index is 0.174. The molecule has 0 saturated heterocycles. The van der Waals surface area contributed by atoms with Crippen molar-refractivity contribution in [2.75, 3.05) is 0 Å². The predicted molar refractivity (Wildman–Crippen MR) is 47.8 cm³/mol. The molecule has 66 valence electrons. The van der Waals surface area contributed by atoms with Crippen molar-refractivity contribution in [1.29, 1.82) is 0 Å². The SMILES string of the molecule is Cc1ccc2[nH]c(C(=O)O)cc2n1. The van der Waals surface area contributed by atoms with Gasteiger partial charge < -0.3 is 10.1 Å². The number of carbonyl (C=O) groups is 1. The van der Waals surface area contributed by atoms with Crippen LogP contribution in [0.5, 0.6) is 0 Å². The fourth-order valence-electron chi connectivity index (χ4n) is 1.23. The van der Waals surface area contributed by atoms with Crippen molar-refractivity contribution in [3.05, 3.63) is 29.6 Å². The lowest BCUT2D eigenvalue weighted by Crippen LogP contribution is -1.94. The molecule has 4 heteroatoms. The number of aryl methyl sites for hydroxylation is 1. The molecule has 0 amide bonds. The first-order valence-corrected chi connectivity index (χ1v) is 3.86. The van der Waals surface area contributed by atoms with Gasteiger partial charge in [0, 0.05) is 5.69 Å². The molecule has 2 rings (SSSR count). The lowest BCUT2D eigenvalue weighted by atomic mass is 10.3. The number of nitrogens with zero attached hydrogens (tertiary/aromatic N) is 1. The Morgan fingerprint density at radius 3 is 3.00 bits per heavy atom. The zero-order chi connectivity index (χ0) is 9.42.